The molecule has 0 N–H and O–H groups in total. The molecule has 0 aromatic carbocycles. The lowest BCUT2D eigenvalue weighted by molar-refractivity contribution is 1.07. The Kier molecular flexibility index (Phi) is 3.76. The molecule has 4 unspecified atom stereocenters. The van der Waals surface area contributed by atoms with Gasteiger partial charge in [0.25, 0.3) is 0 Å². The molecular weight excluding hydrogens is 170 g/mol. The third-order valence-corrected chi connectivity index (χ3v) is 4.54. The minimum absolute atomic E-state index is 0.775. The normalized spacial score (nSPS) is 27.5. The van der Waals surface area contributed by atoms with Gasteiger partial charge in [0.05, 0.1) is 0 Å². The summed E-state index contributed by atoms with van der Waals surface area (Å²) in [5.74, 6) is 0. The molecule has 0 aromatic rings. The molecule has 2 heteroatoms. The Bertz CT molecular complexity index is 182. The molecular formula is C9H16P2. The maximum absolute atomic E-state index is 2.34. The highest BCUT2D eigenvalue weighted by molar-refractivity contribution is 7.40. The fourth-order valence-corrected chi connectivity index (χ4v) is 3.09. The summed E-state index contributed by atoms with van der Waals surface area (Å²) in [5.41, 5.74) is 3.24. The summed E-state index contributed by atoms with van der Waals surface area (Å²) in [4.78, 5) is 0. The van der Waals surface area contributed by atoms with Gasteiger partial charge in [0.1, 0.15) is 0 Å². The van der Waals surface area contributed by atoms with Crippen LogP contribution >= 0.6 is 17.2 Å². The van der Waals surface area contributed by atoms with Crippen molar-refractivity contribution in [2.75, 3.05) is 13.3 Å². The molecule has 0 saturated carbocycles. The molecule has 0 spiro atoms. The second kappa shape index (κ2) is 4.39. The zero-order chi connectivity index (χ0) is 8.27. The number of allylic oxidation sites excluding steroid dienone is 4. The van der Waals surface area contributed by atoms with E-state index in [4.69, 9.17) is 0 Å². The minimum Gasteiger partial charge on any atom is -0.118 e. The van der Waals surface area contributed by atoms with Gasteiger partial charge in [-0.15, -0.1) is 17.2 Å². The van der Waals surface area contributed by atoms with Crippen LogP contribution in [-0.4, -0.2) is 24.6 Å². The van der Waals surface area contributed by atoms with Gasteiger partial charge in [0, 0.05) is 5.66 Å². The van der Waals surface area contributed by atoms with Gasteiger partial charge in [-0.05, 0) is 19.0 Å². The first-order chi connectivity index (χ1) is 5.29. The summed E-state index contributed by atoms with van der Waals surface area (Å²) in [7, 11) is 2.09. The summed E-state index contributed by atoms with van der Waals surface area (Å²) < 4.78 is 0. The smallest absolute Gasteiger partial charge is 0.0161 e. The Balaban J connectivity index is 2.59. The molecule has 0 aliphatic heterocycles. The quantitative estimate of drug-likeness (QED) is 0.594. The molecule has 0 heterocycles. The monoisotopic (exact) mass is 186 g/mol. The van der Waals surface area contributed by atoms with E-state index in [1.165, 1.54) is 0 Å². The van der Waals surface area contributed by atoms with E-state index in [0.29, 0.717) is 0 Å². The molecule has 4 atom stereocenters. The van der Waals surface area contributed by atoms with E-state index in [0.717, 1.165) is 28.5 Å². The third-order valence-electron chi connectivity index (χ3n) is 2.20. The van der Waals surface area contributed by atoms with Crippen molar-refractivity contribution in [2.45, 2.75) is 18.2 Å². The number of rotatable bonds is 3. The number of hydrogen-bond acceptors (Lipinski definition) is 0. The van der Waals surface area contributed by atoms with Gasteiger partial charge in [-0.1, -0.05) is 30.7 Å². The second-order valence-corrected chi connectivity index (χ2v) is 5.47. The maximum Gasteiger partial charge on any atom is 0.0161 e. The Morgan fingerprint density at radius 3 is 2.73 bits per heavy atom. The van der Waals surface area contributed by atoms with Crippen LogP contribution in [0.5, 0.6) is 0 Å². The molecule has 11 heavy (non-hydrogen) atoms. The molecule has 1 aliphatic carbocycles. The molecule has 0 aromatic heterocycles. The van der Waals surface area contributed by atoms with Crippen molar-refractivity contribution in [3.05, 3.63) is 23.8 Å². The average Bonchev–Trinajstić information content (AvgIpc) is 2.50. The minimum atomic E-state index is 0.775. The van der Waals surface area contributed by atoms with Crippen LogP contribution in [0.2, 0.25) is 0 Å². The maximum atomic E-state index is 2.34. The summed E-state index contributed by atoms with van der Waals surface area (Å²) >= 11 is 0. The van der Waals surface area contributed by atoms with Crippen molar-refractivity contribution in [2.24, 2.45) is 0 Å². The fourth-order valence-electron chi connectivity index (χ4n) is 1.34. The predicted octanol–water partition coefficient (Wildman–Crippen LogP) is 2.86. The molecule has 0 radical (unpaired) electrons. The fraction of sp³-hybridized carbons (Fsp3) is 0.556. The summed E-state index contributed by atoms with van der Waals surface area (Å²) in [5, 5.41) is 0. The average molecular weight is 186 g/mol. The van der Waals surface area contributed by atoms with Crippen molar-refractivity contribution in [1.29, 1.82) is 0 Å². The van der Waals surface area contributed by atoms with E-state index in [2.05, 4.69) is 38.5 Å². The Morgan fingerprint density at radius 2 is 2.18 bits per heavy atom. The Labute approximate surface area is 73.1 Å². The lowest BCUT2D eigenvalue weighted by atomic mass is 10.2. The molecule has 0 bridgehead atoms. The zero-order valence-electron chi connectivity index (χ0n) is 7.39. The van der Waals surface area contributed by atoms with Crippen molar-refractivity contribution < 1.29 is 0 Å². The van der Waals surface area contributed by atoms with Gasteiger partial charge in [-0.3, -0.25) is 0 Å². The van der Waals surface area contributed by atoms with Crippen LogP contribution in [0, 0.1) is 0 Å². The van der Waals surface area contributed by atoms with Gasteiger partial charge in [0.2, 0.25) is 0 Å². The van der Waals surface area contributed by atoms with Crippen LogP contribution in [0.3, 0.4) is 0 Å². The largest absolute Gasteiger partial charge is 0.118 e. The standard InChI is InChI=1S/C9H16P2/c1-7(10-2)8-5-4-6-9(8)11-3/h4-7,9-11H,1-3H3. The molecule has 1 aliphatic rings. The molecule has 0 nitrogen and oxygen atoms in total. The predicted molar refractivity (Wildman–Crippen MR) is 59.0 cm³/mol. The summed E-state index contributed by atoms with van der Waals surface area (Å²) in [6, 6.07) is 0. The van der Waals surface area contributed by atoms with Crippen molar-refractivity contribution >= 4 is 17.2 Å². The van der Waals surface area contributed by atoms with Gasteiger partial charge >= 0.3 is 0 Å². The number of hydrogen-bond donors (Lipinski definition) is 0. The van der Waals surface area contributed by atoms with Crippen molar-refractivity contribution in [3.8, 4) is 0 Å². The molecule has 1 rings (SSSR count). The molecule has 62 valence electrons. The van der Waals surface area contributed by atoms with Gasteiger partial charge < -0.3 is 0 Å². The Morgan fingerprint density at radius 1 is 1.45 bits per heavy atom. The lowest BCUT2D eigenvalue weighted by Crippen LogP contribution is -2.07. The SMILES string of the molecule is CPC(C)C1=CC=CC1PC. The highest BCUT2D eigenvalue weighted by Crippen LogP contribution is 2.35. The van der Waals surface area contributed by atoms with Crippen LogP contribution in [-0.2, 0) is 0 Å². The topological polar surface area (TPSA) is 0 Å². The van der Waals surface area contributed by atoms with Crippen molar-refractivity contribution in [3.63, 3.8) is 0 Å². The van der Waals surface area contributed by atoms with Gasteiger partial charge in [-0.2, -0.15) is 0 Å². The highest BCUT2D eigenvalue weighted by Gasteiger charge is 2.16. The van der Waals surface area contributed by atoms with Gasteiger partial charge in [-0.25, -0.2) is 0 Å². The van der Waals surface area contributed by atoms with Crippen LogP contribution in [0.4, 0.5) is 0 Å². The molecule has 0 fully saturated rings. The van der Waals surface area contributed by atoms with E-state index in [1.54, 1.807) is 5.57 Å². The molecule has 0 saturated heterocycles. The molecule has 0 amide bonds. The summed E-state index contributed by atoms with van der Waals surface area (Å²) in [6.07, 6.45) is 6.86. The van der Waals surface area contributed by atoms with Gasteiger partial charge in [0.15, 0.2) is 0 Å². The van der Waals surface area contributed by atoms with Crippen LogP contribution in [0.25, 0.3) is 0 Å². The van der Waals surface area contributed by atoms with E-state index in [-0.39, 0.29) is 0 Å². The second-order valence-electron chi connectivity index (χ2n) is 2.83. The third kappa shape index (κ3) is 2.14. The van der Waals surface area contributed by atoms with Crippen LogP contribution in [0.15, 0.2) is 23.8 Å². The first-order valence-electron chi connectivity index (χ1n) is 4.02. The summed E-state index contributed by atoms with van der Waals surface area (Å²) in [6.45, 7) is 6.92. The lowest BCUT2D eigenvalue weighted by Gasteiger charge is -2.17. The van der Waals surface area contributed by atoms with Crippen LogP contribution < -0.4 is 0 Å². The highest BCUT2D eigenvalue weighted by atomic mass is 31.1. The van der Waals surface area contributed by atoms with Crippen LogP contribution in [0.1, 0.15) is 6.92 Å². The first-order valence-corrected chi connectivity index (χ1v) is 7.18. The van der Waals surface area contributed by atoms with E-state index in [9.17, 15) is 0 Å². The van der Waals surface area contributed by atoms with E-state index < -0.39 is 0 Å². The van der Waals surface area contributed by atoms with E-state index >= 15 is 0 Å². The van der Waals surface area contributed by atoms with E-state index in [1.807, 2.05) is 0 Å². The van der Waals surface area contributed by atoms with Crippen molar-refractivity contribution in [1.82, 2.24) is 0 Å². The Hall–Kier alpha value is 0.340. The first kappa shape index (κ1) is 9.43. The zero-order valence-corrected chi connectivity index (χ0v) is 9.39.